The number of nitrogens with zero attached hydrogens (tertiary/aromatic N) is 2. The quantitative estimate of drug-likeness (QED) is 0.852. The van der Waals surface area contributed by atoms with Gasteiger partial charge in [-0.25, -0.2) is 4.98 Å². The van der Waals surface area contributed by atoms with Gasteiger partial charge in [0.2, 0.25) is 0 Å². The number of thiazole rings is 1. The minimum Gasteiger partial charge on any atom is -0.389 e. The van der Waals surface area contributed by atoms with E-state index in [2.05, 4.69) is 31.2 Å². The lowest BCUT2D eigenvalue weighted by Gasteiger charge is -2.20. The molecule has 2 N–H and O–H groups in total. The van der Waals surface area contributed by atoms with Gasteiger partial charge in [0.15, 0.2) is 0 Å². The van der Waals surface area contributed by atoms with E-state index in [1.807, 2.05) is 32.2 Å². The van der Waals surface area contributed by atoms with Crippen molar-refractivity contribution < 1.29 is 0 Å². The smallest absolute Gasteiger partial charge is 0.104 e. The Hall–Kier alpha value is -0.980. The zero-order valence-corrected chi connectivity index (χ0v) is 13.9. The van der Waals surface area contributed by atoms with Gasteiger partial charge in [-0.05, 0) is 41.1 Å². The summed E-state index contributed by atoms with van der Waals surface area (Å²) >= 11 is 10.2. The summed E-state index contributed by atoms with van der Waals surface area (Å²) in [6.45, 7) is 2.79. The van der Waals surface area contributed by atoms with E-state index in [1.54, 1.807) is 11.3 Å². The van der Waals surface area contributed by atoms with Crippen LogP contribution in [0.3, 0.4) is 0 Å². The molecule has 0 unspecified atom stereocenters. The average molecular weight is 356 g/mol. The Kier molecular flexibility index (Phi) is 4.54. The molecule has 0 saturated carbocycles. The predicted molar refractivity (Wildman–Crippen MR) is 89.0 cm³/mol. The summed E-state index contributed by atoms with van der Waals surface area (Å²) in [7, 11) is 2.04. The highest BCUT2D eigenvalue weighted by molar-refractivity contribution is 9.10. The van der Waals surface area contributed by atoms with E-state index in [1.165, 1.54) is 0 Å². The zero-order valence-electron chi connectivity index (χ0n) is 10.7. The summed E-state index contributed by atoms with van der Waals surface area (Å²) < 4.78 is 0.979. The van der Waals surface area contributed by atoms with Gasteiger partial charge in [0, 0.05) is 22.5 Å². The van der Waals surface area contributed by atoms with Crippen LogP contribution in [0.5, 0.6) is 0 Å². The van der Waals surface area contributed by atoms with Gasteiger partial charge in [0.05, 0.1) is 22.9 Å². The van der Waals surface area contributed by atoms with Gasteiger partial charge in [-0.15, -0.1) is 11.3 Å². The van der Waals surface area contributed by atoms with Crippen LogP contribution in [0, 0.1) is 6.92 Å². The van der Waals surface area contributed by atoms with Crippen molar-refractivity contribution in [2.45, 2.75) is 13.5 Å². The molecule has 0 saturated heterocycles. The average Bonchev–Trinajstić information content (AvgIpc) is 2.74. The fourth-order valence-electron chi connectivity index (χ4n) is 1.78. The van der Waals surface area contributed by atoms with Crippen molar-refractivity contribution in [1.82, 2.24) is 4.98 Å². The highest BCUT2D eigenvalue weighted by atomic mass is 79.9. The topological polar surface area (TPSA) is 42.2 Å². The summed E-state index contributed by atoms with van der Waals surface area (Å²) in [6.07, 6.45) is 0. The second-order valence-electron chi connectivity index (χ2n) is 4.24. The van der Waals surface area contributed by atoms with Crippen molar-refractivity contribution in [2.75, 3.05) is 11.9 Å². The Labute approximate surface area is 130 Å². The fraction of sp³-hybridized carbons (Fsp3) is 0.231. The summed E-state index contributed by atoms with van der Waals surface area (Å²) in [4.78, 5) is 7.02. The van der Waals surface area contributed by atoms with Crippen LogP contribution in [0.4, 0.5) is 5.69 Å². The van der Waals surface area contributed by atoms with E-state index in [0.29, 0.717) is 4.99 Å². The second kappa shape index (κ2) is 5.98. The number of rotatable bonds is 4. The molecule has 1 aromatic carbocycles. The van der Waals surface area contributed by atoms with Gasteiger partial charge in [-0.1, -0.05) is 12.2 Å². The molecule has 2 aromatic rings. The third-order valence-corrected chi connectivity index (χ3v) is 4.40. The minimum atomic E-state index is 0.407. The number of benzene rings is 1. The third-order valence-electron chi connectivity index (χ3n) is 2.71. The molecule has 0 fully saturated rings. The van der Waals surface area contributed by atoms with Gasteiger partial charge in [-0.3, -0.25) is 0 Å². The molecule has 2 rings (SSSR count). The number of nitrogens with two attached hydrogens (primary N) is 1. The molecular weight excluding hydrogens is 342 g/mol. The third kappa shape index (κ3) is 3.52. The van der Waals surface area contributed by atoms with E-state index in [-0.39, 0.29) is 0 Å². The van der Waals surface area contributed by atoms with Crippen molar-refractivity contribution >= 4 is 50.2 Å². The Morgan fingerprint density at radius 3 is 2.79 bits per heavy atom. The molecule has 3 nitrogen and oxygen atoms in total. The Morgan fingerprint density at radius 2 is 2.26 bits per heavy atom. The molecule has 0 spiro atoms. The molecular formula is C13H14BrN3S2. The van der Waals surface area contributed by atoms with Crippen molar-refractivity contribution in [3.8, 4) is 0 Å². The molecule has 19 heavy (non-hydrogen) atoms. The summed E-state index contributed by atoms with van der Waals surface area (Å²) in [5, 5.41) is 3.18. The second-order valence-corrected chi connectivity index (χ2v) is 6.60. The van der Waals surface area contributed by atoms with E-state index in [4.69, 9.17) is 18.0 Å². The first kappa shape index (κ1) is 14.4. The summed E-state index contributed by atoms with van der Waals surface area (Å²) in [5.41, 5.74) is 8.66. The Balaban J connectivity index is 2.19. The number of hydrogen-bond acceptors (Lipinski definition) is 4. The Morgan fingerprint density at radius 1 is 1.53 bits per heavy atom. The first-order valence-electron chi connectivity index (χ1n) is 5.69. The van der Waals surface area contributed by atoms with Crippen LogP contribution in [0.25, 0.3) is 0 Å². The van der Waals surface area contributed by atoms with Crippen molar-refractivity contribution in [3.63, 3.8) is 0 Å². The Bertz CT molecular complexity index is 610. The summed E-state index contributed by atoms with van der Waals surface area (Å²) in [5.74, 6) is 0. The van der Waals surface area contributed by atoms with E-state index >= 15 is 0 Å². The van der Waals surface area contributed by atoms with E-state index in [9.17, 15) is 0 Å². The first-order chi connectivity index (χ1) is 8.97. The minimum absolute atomic E-state index is 0.407. The lowest BCUT2D eigenvalue weighted by Crippen LogP contribution is -2.18. The molecule has 100 valence electrons. The first-order valence-corrected chi connectivity index (χ1v) is 7.77. The maximum atomic E-state index is 5.62. The van der Waals surface area contributed by atoms with E-state index in [0.717, 1.165) is 33.0 Å². The van der Waals surface area contributed by atoms with Gasteiger partial charge in [0.1, 0.15) is 4.99 Å². The van der Waals surface area contributed by atoms with Crippen LogP contribution in [0.15, 0.2) is 28.1 Å². The van der Waals surface area contributed by atoms with Gasteiger partial charge in [-0.2, -0.15) is 0 Å². The molecule has 0 radical (unpaired) electrons. The molecule has 0 aliphatic rings. The molecule has 1 heterocycles. The molecule has 6 heteroatoms. The molecule has 0 atom stereocenters. The van der Waals surface area contributed by atoms with Crippen LogP contribution in [0.1, 0.15) is 16.3 Å². The number of hydrogen-bond donors (Lipinski definition) is 1. The van der Waals surface area contributed by atoms with Crippen molar-refractivity contribution in [2.24, 2.45) is 5.73 Å². The molecule has 0 bridgehead atoms. The summed E-state index contributed by atoms with van der Waals surface area (Å²) in [6, 6.07) is 5.89. The number of aromatic nitrogens is 1. The van der Waals surface area contributed by atoms with Crippen molar-refractivity contribution in [1.29, 1.82) is 0 Å². The molecule has 0 aliphatic carbocycles. The monoisotopic (exact) mass is 355 g/mol. The van der Waals surface area contributed by atoms with Crippen LogP contribution in [-0.2, 0) is 6.54 Å². The maximum absolute atomic E-state index is 5.62. The highest BCUT2D eigenvalue weighted by Gasteiger charge is 2.09. The largest absolute Gasteiger partial charge is 0.389 e. The molecule has 0 amide bonds. The number of thiocarbonyl (C=S) groups is 1. The number of halogens is 1. The maximum Gasteiger partial charge on any atom is 0.104 e. The molecule has 1 aromatic heterocycles. The van der Waals surface area contributed by atoms with E-state index < -0.39 is 0 Å². The fourth-order valence-corrected chi connectivity index (χ4v) is 3.19. The van der Waals surface area contributed by atoms with Gasteiger partial charge >= 0.3 is 0 Å². The highest BCUT2D eigenvalue weighted by Crippen LogP contribution is 2.27. The van der Waals surface area contributed by atoms with Crippen LogP contribution in [-0.4, -0.2) is 17.0 Å². The number of anilines is 1. The van der Waals surface area contributed by atoms with Crippen LogP contribution in [0.2, 0.25) is 0 Å². The lowest BCUT2D eigenvalue weighted by molar-refractivity contribution is 0.888. The van der Waals surface area contributed by atoms with Crippen molar-refractivity contribution in [3.05, 3.63) is 44.3 Å². The number of aryl methyl sites for hydroxylation is 1. The zero-order chi connectivity index (χ0) is 14.0. The normalized spacial score (nSPS) is 10.5. The van der Waals surface area contributed by atoms with Crippen LogP contribution < -0.4 is 10.6 Å². The SMILES string of the molecule is Cc1nc(CN(C)c2ccc(C(N)=S)cc2Br)cs1. The molecule has 0 aliphatic heterocycles. The predicted octanol–water partition coefficient (Wildman–Crippen LogP) is 3.48. The standard InChI is InChI=1S/C13H14BrN3S2/c1-8-16-10(7-19-8)6-17(2)12-4-3-9(13(15)18)5-11(12)14/h3-5,7H,6H2,1-2H3,(H2,15,18). The van der Waals surface area contributed by atoms with Gasteiger partial charge < -0.3 is 10.6 Å². The van der Waals surface area contributed by atoms with Gasteiger partial charge in [0.25, 0.3) is 0 Å². The van der Waals surface area contributed by atoms with Crippen LogP contribution >= 0.6 is 39.5 Å². The lowest BCUT2D eigenvalue weighted by atomic mass is 10.2.